The molecule has 0 bridgehead atoms. The number of benzene rings is 3. The number of ether oxygens (including phenoxy) is 1. The summed E-state index contributed by atoms with van der Waals surface area (Å²) in [5.74, 6) is 0.0517. The average molecular weight is 702 g/mol. The molecule has 1 unspecified atom stereocenters. The maximum Gasteiger partial charge on any atom is 0.573 e. The third-order valence-electron chi connectivity index (χ3n) is 9.43. The van der Waals surface area contributed by atoms with Crippen LogP contribution in [0.5, 0.6) is 5.75 Å². The van der Waals surface area contributed by atoms with Gasteiger partial charge >= 0.3 is 6.36 Å². The Kier molecular flexibility index (Phi) is 11.3. The first-order valence-corrected chi connectivity index (χ1v) is 17.5. The molecule has 0 saturated carbocycles. The molecule has 256 valence electrons. The van der Waals surface area contributed by atoms with Crippen molar-refractivity contribution in [3.8, 4) is 16.9 Å². The van der Waals surface area contributed by atoms with Crippen LogP contribution < -0.4 is 10.1 Å². The molecule has 3 aromatic carbocycles. The van der Waals surface area contributed by atoms with Crippen molar-refractivity contribution >= 4 is 39.9 Å². The van der Waals surface area contributed by atoms with Crippen LogP contribution in [0.2, 0.25) is 10.0 Å². The molecule has 2 aliphatic rings. The van der Waals surface area contributed by atoms with Gasteiger partial charge in [-0.05, 0) is 79.8 Å². The number of piperidine rings is 1. The third-order valence-corrected chi connectivity index (χ3v) is 10.1. The van der Waals surface area contributed by atoms with E-state index in [1.807, 2.05) is 18.2 Å². The van der Waals surface area contributed by atoms with Gasteiger partial charge in [-0.15, -0.1) is 13.2 Å². The van der Waals surface area contributed by atoms with E-state index in [9.17, 15) is 18.0 Å². The smallest absolute Gasteiger partial charge is 0.406 e. The molecule has 2 saturated heterocycles. The number of carbonyl (C=O) groups excluding carboxylic acids is 1. The first-order valence-electron chi connectivity index (χ1n) is 16.7. The summed E-state index contributed by atoms with van der Waals surface area (Å²) in [6.07, 6.45) is 2.71. The number of aryl methyl sites for hydroxylation is 1. The van der Waals surface area contributed by atoms with Gasteiger partial charge in [-0.25, -0.2) is 0 Å². The first kappa shape index (κ1) is 34.8. The molecule has 3 heterocycles. The molecule has 48 heavy (non-hydrogen) atoms. The standard InChI is InChI=1S/C37H41Cl2F3N4O2/c38-32-6-5-7-33(39)31(32)24-45-20-18-44(19-21-45)23-26-10-15-35-29(22-26)30(27-11-13-28(14-12-27)48-37(40,41)42)25-46(35)17-4-2-9-36(47)34-8-1-3-16-43-34/h5-7,10-15,22,25,34,43H,1-4,8-9,16-21,23-24H2. The Morgan fingerprint density at radius 2 is 1.60 bits per heavy atom. The minimum absolute atomic E-state index is 0.00990. The van der Waals surface area contributed by atoms with E-state index < -0.39 is 6.36 Å². The van der Waals surface area contributed by atoms with Crippen molar-refractivity contribution in [2.75, 3.05) is 32.7 Å². The minimum Gasteiger partial charge on any atom is -0.406 e. The van der Waals surface area contributed by atoms with Crippen LogP contribution in [0, 0.1) is 0 Å². The maximum absolute atomic E-state index is 12.8. The summed E-state index contributed by atoms with van der Waals surface area (Å²) in [6, 6.07) is 18.2. The lowest BCUT2D eigenvalue weighted by atomic mass is 9.98. The molecular weight excluding hydrogens is 660 g/mol. The number of fused-ring (bicyclic) bond motifs is 1. The Labute approximate surface area is 289 Å². The molecule has 0 radical (unpaired) electrons. The van der Waals surface area contributed by atoms with Gasteiger partial charge in [-0.2, -0.15) is 0 Å². The molecule has 0 aliphatic carbocycles. The van der Waals surface area contributed by atoms with Gasteiger partial charge in [0.2, 0.25) is 0 Å². The van der Waals surface area contributed by atoms with E-state index in [0.717, 1.165) is 106 Å². The van der Waals surface area contributed by atoms with E-state index in [4.69, 9.17) is 23.2 Å². The summed E-state index contributed by atoms with van der Waals surface area (Å²) in [6.45, 7) is 6.77. The topological polar surface area (TPSA) is 49.7 Å². The maximum atomic E-state index is 12.8. The SMILES string of the molecule is O=C(CCCCn1cc(-c2ccc(OC(F)(F)F)cc2)c2cc(CN3CCN(Cc4c(Cl)cccc4Cl)CC3)ccc21)C1CCCCN1. The monoisotopic (exact) mass is 700 g/mol. The van der Waals surface area contributed by atoms with Gasteiger partial charge in [0.15, 0.2) is 0 Å². The Morgan fingerprint density at radius 3 is 2.27 bits per heavy atom. The highest BCUT2D eigenvalue weighted by atomic mass is 35.5. The van der Waals surface area contributed by atoms with Gasteiger partial charge in [0.05, 0.1) is 6.04 Å². The summed E-state index contributed by atoms with van der Waals surface area (Å²) in [4.78, 5) is 17.5. The fraction of sp³-hybridized carbons (Fsp3) is 0.432. The molecule has 11 heteroatoms. The first-order chi connectivity index (χ1) is 23.1. The highest BCUT2D eigenvalue weighted by Gasteiger charge is 2.31. The lowest BCUT2D eigenvalue weighted by Crippen LogP contribution is -2.45. The molecule has 0 spiro atoms. The van der Waals surface area contributed by atoms with Gasteiger partial charge in [-0.3, -0.25) is 14.6 Å². The number of halogens is 5. The number of ketones is 1. The van der Waals surface area contributed by atoms with E-state index in [2.05, 4.69) is 48.8 Å². The third kappa shape index (κ3) is 8.93. The van der Waals surface area contributed by atoms with Crippen molar-refractivity contribution in [3.63, 3.8) is 0 Å². The largest absolute Gasteiger partial charge is 0.573 e. The van der Waals surface area contributed by atoms with E-state index in [0.29, 0.717) is 28.8 Å². The van der Waals surface area contributed by atoms with Crippen molar-refractivity contribution in [2.45, 2.75) is 70.6 Å². The van der Waals surface area contributed by atoms with Crippen molar-refractivity contribution < 1.29 is 22.7 Å². The molecule has 1 atom stereocenters. The van der Waals surface area contributed by atoms with Gasteiger partial charge in [0.1, 0.15) is 11.5 Å². The van der Waals surface area contributed by atoms with E-state index >= 15 is 0 Å². The number of nitrogens with zero attached hydrogens (tertiary/aromatic N) is 3. The summed E-state index contributed by atoms with van der Waals surface area (Å²) < 4.78 is 44.7. The summed E-state index contributed by atoms with van der Waals surface area (Å²) in [5, 5.41) is 5.77. The predicted octanol–water partition coefficient (Wildman–Crippen LogP) is 8.71. The zero-order chi connectivity index (χ0) is 33.7. The number of rotatable bonds is 12. The van der Waals surface area contributed by atoms with E-state index in [1.165, 1.54) is 17.7 Å². The summed E-state index contributed by atoms with van der Waals surface area (Å²) in [7, 11) is 0. The lowest BCUT2D eigenvalue weighted by Gasteiger charge is -2.35. The number of Topliss-reactive ketones (excluding diaryl/α,β-unsaturated/α-hetero) is 1. The van der Waals surface area contributed by atoms with Crippen LogP contribution >= 0.6 is 23.2 Å². The van der Waals surface area contributed by atoms with Crippen LogP contribution in [-0.4, -0.2) is 65.3 Å². The second-order valence-electron chi connectivity index (χ2n) is 12.8. The zero-order valence-corrected chi connectivity index (χ0v) is 28.4. The van der Waals surface area contributed by atoms with Gasteiger partial charge in [0, 0.05) is 90.5 Å². The number of piperazine rings is 1. The highest BCUT2D eigenvalue weighted by molar-refractivity contribution is 6.36. The van der Waals surface area contributed by atoms with Gasteiger partial charge in [-0.1, -0.05) is 53.9 Å². The molecule has 6 nitrogen and oxygen atoms in total. The van der Waals surface area contributed by atoms with Crippen LogP contribution in [0.15, 0.2) is 66.9 Å². The van der Waals surface area contributed by atoms with Crippen LogP contribution in [-0.2, 0) is 24.4 Å². The lowest BCUT2D eigenvalue weighted by molar-refractivity contribution is -0.274. The van der Waals surface area contributed by atoms with Gasteiger partial charge in [0.25, 0.3) is 0 Å². The number of nitrogens with one attached hydrogen (secondary N) is 1. The molecule has 1 N–H and O–H groups in total. The number of hydrogen-bond acceptors (Lipinski definition) is 5. The van der Waals surface area contributed by atoms with Crippen LogP contribution in [0.3, 0.4) is 0 Å². The molecule has 2 fully saturated rings. The Morgan fingerprint density at radius 1 is 0.896 bits per heavy atom. The number of unbranched alkanes of at least 4 members (excludes halogenated alkanes) is 1. The van der Waals surface area contributed by atoms with Crippen LogP contribution in [0.1, 0.15) is 49.7 Å². The normalized spacial score (nSPS) is 18.0. The number of aromatic nitrogens is 1. The molecule has 1 aromatic heterocycles. The molecule has 6 rings (SSSR count). The van der Waals surface area contributed by atoms with Gasteiger partial charge < -0.3 is 14.6 Å². The fourth-order valence-corrected chi connectivity index (χ4v) is 7.36. The van der Waals surface area contributed by atoms with Crippen molar-refractivity contribution in [1.82, 2.24) is 19.7 Å². The van der Waals surface area contributed by atoms with Crippen molar-refractivity contribution in [2.24, 2.45) is 0 Å². The van der Waals surface area contributed by atoms with Crippen molar-refractivity contribution in [3.05, 3.63) is 88.0 Å². The Bertz CT molecular complexity index is 1680. The number of alkyl halides is 3. The summed E-state index contributed by atoms with van der Waals surface area (Å²) >= 11 is 12.8. The highest BCUT2D eigenvalue weighted by Crippen LogP contribution is 2.34. The number of hydrogen-bond donors (Lipinski definition) is 1. The van der Waals surface area contributed by atoms with Crippen LogP contribution in [0.25, 0.3) is 22.0 Å². The van der Waals surface area contributed by atoms with Crippen molar-refractivity contribution in [1.29, 1.82) is 0 Å². The molecule has 4 aromatic rings. The zero-order valence-electron chi connectivity index (χ0n) is 26.9. The fourth-order valence-electron chi connectivity index (χ4n) is 6.85. The van der Waals surface area contributed by atoms with Crippen LogP contribution in [0.4, 0.5) is 13.2 Å². The molecule has 2 aliphatic heterocycles. The molecule has 0 amide bonds. The predicted molar refractivity (Wildman–Crippen MR) is 186 cm³/mol. The summed E-state index contributed by atoms with van der Waals surface area (Å²) in [5.41, 5.74) is 4.96. The number of carbonyl (C=O) groups is 1. The Balaban J connectivity index is 1.15. The second kappa shape index (κ2) is 15.6. The van der Waals surface area contributed by atoms with E-state index in [-0.39, 0.29) is 11.8 Å². The Hall–Kier alpha value is -3.08. The quantitative estimate of drug-likeness (QED) is 0.150. The average Bonchev–Trinajstić information content (AvgIpc) is 3.43. The minimum atomic E-state index is -4.74. The second-order valence-corrected chi connectivity index (χ2v) is 13.7. The van der Waals surface area contributed by atoms with E-state index in [1.54, 1.807) is 12.1 Å². The molecular formula is C37H41Cl2F3N4O2.